The van der Waals surface area contributed by atoms with Crippen molar-refractivity contribution >= 4 is 56.5 Å². The van der Waals surface area contributed by atoms with Crippen LogP contribution in [0.2, 0.25) is 0 Å². The van der Waals surface area contributed by atoms with Crippen molar-refractivity contribution in [1.29, 1.82) is 0 Å². The largest absolute Gasteiger partial charge is 0.493 e. The molecule has 0 saturated carbocycles. The van der Waals surface area contributed by atoms with Gasteiger partial charge in [-0.1, -0.05) is 40.2 Å². The van der Waals surface area contributed by atoms with Crippen molar-refractivity contribution in [2.75, 3.05) is 13.7 Å². The second-order valence-electron chi connectivity index (χ2n) is 7.74. The summed E-state index contributed by atoms with van der Waals surface area (Å²) in [4.78, 5) is 30.9. The first-order valence-corrected chi connectivity index (χ1v) is 12.7. The molecule has 0 aromatic heterocycles. The molecule has 1 heterocycles. The summed E-state index contributed by atoms with van der Waals surface area (Å²) in [5.41, 5.74) is 2.42. The Morgan fingerprint density at radius 3 is 2.58 bits per heavy atom. The van der Waals surface area contributed by atoms with Crippen LogP contribution in [0, 0.1) is 0 Å². The number of carbonyl (C=O) groups excluding carboxylic acids is 1. The maximum Gasteiger partial charge on any atom is 0.335 e. The summed E-state index contributed by atoms with van der Waals surface area (Å²) in [5, 5.41) is 9.73. The molecule has 1 amide bonds. The summed E-state index contributed by atoms with van der Waals surface area (Å²) in [7, 11) is 1.57. The Balaban J connectivity index is 1.55. The average molecular weight is 567 g/mol. The number of aromatic carboxylic acids is 1. The summed E-state index contributed by atoms with van der Waals surface area (Å²) in [6.45, 7) is 2.70. The van der Waals surface area contributed by atoms with Gasteiger partial charge in [-0.3, -0.25) is 9.69 Å². The first-order valence-electron chi connectivity index (χ1n) is 11.1. The molecule has 0 atom stereocenters. The lowest BCUT2D eigenvalue weighted by Crippen LogP contribution is -2.28. The normalized spacial score (nSPS) is 15.5. The molecular formula is C27H23BrN2O5S. The van der Waals surface area contributed by atoms with E-state index in [1.54, 1.807) is 30.2 Å². The standard InChI is InChI=1S/C27H23BrN2O5S/c1-3-30-25(31)24(36-27(30)29-21-6-4-5-19(15-21)26(32)33)14-18-9-12-22(23(13-18)34-2)35-16-17-7-10-20(28)11-8-17/h4-15H,3,16H2,1-2H3,(H,32,33). The number of likely N-dealkylation sites (N-methyl/N-ethyl adjacent to an activating group) is 1. The molecule has 0 radical (unpaired) electrons. The van der Waals surface area contributed by atoms with E-state index in [4.69, 9.17) is 9.47 Å². The Morgan fingerprint density at radius 1 is 1.11 bits per heavy atom. The number of nitrogens with zero attached hydrogens (tertiary/aromatic N) is 2. The molecule has 9 heteroatoms. The highest BCUT2D eigenvalue weighted by molar-refractivity contribution is 9.10. The highest BCUT2D eigenvalue weighted by Crippen LogP contribution is 2.36. The molecule has 4 rings (SSSR count). The van der Waals surface area contributed by atoms with Gasteiger partial charge in [0.2, 0.25) is 0 Å². The molecule has 1 saturated heterocycles. The third-order valence-corrected chi connectivity index (χ3v) is 6.85. The zero-order chi connectivity index (χ0) is 25.7. The number of amides is 1. The van der Waals surface area contributed by atoms with Crippen molar-refractivity contribution in [3.63, 3.8) is 0 Å². The van der Waals surface area contributed by atoms with Crippen LogP contribution in [0.1, 0.15) is 28.4 Å². The van der Waals surface area contributed by atoms with Gasteiger partial charge in [-0.25, -0.2) is 9.79 Å². The van der Waals surface area contributed by atoms with Gasteiger partial charge in [-0.2, -0.15) is 0 Å². The number of carboxylic acids is 1. The van der Waals surface area contributed by atoms with Gasteiger partial charge >= 0.3 is 5.97 Å². The quantitative estimate of drug-likeness (QED) is 0.319. The molecule has 7 nitrogen and oxygen atoms in total. The van der Waals surface area contributed by atoms with E-state index < -0.39 is 5.97 Å². The van der Waals surface area contributed by atoms with Crippen molar-refractivity contribution in [3.8, 4) is 11.5 Å². The van der Waals surface area contributed by atoms with E-state index in [2.05, 4.69) is 20.9 Å². The van der Waals surface area contributed by atoms with Crippen LogP contribution in [0.4, 0.5) is 5.69 Å². The molecule has 3 aromatic carbocycles. The number of aliphatic imine (C=N–C) groups is 1. The Morgan fingerprint density at radius 2 is 1.89 bits per heavy atom. The molecule has 0 unspecified atom stereocenters. The molecule has 0 aliphatic carbocycles. The highest BCUT2D eigenvalue weighted by Gasteiger charge is 2.32. The zero-order valence-corrected chi connectivity index (χ0v) is 22.0. The first kappa shape index (κ1) is 25.5. The number of halogens is 1. The maximum atomic E-state index is 13.0. The molecule has 0 spiro atoms. The molecule has 0 bridgehead atoms. The lowest BCUT2D eigenvalue weighted by atomic mass is 10.1. The smallest absolute Gasteiger partial charge is 0.335 e. The predicted molar refractivity (Wildman–Crippen MR) is 145 cm³/mol. The fraction of sp³-hybridized carbons (Fsp3) is 0.148. The average Bonchev–Trinajstić information content (AvgIpc) is 3.17. The molecular weight excluding hydrogens is 544 g/mol. The number of hydrogen-bond donors (Lipinski definition) is 1. The lowest BCUT2D eigenvalue weighted by Gasteiger charge is -2.12. The number of amidine groups is 1. The van der Waals surface area contributed by atoms with Gasteiger partial charge in [0.15, 0.2) is 16.7 Å². The van der Waals surface area contributed by atoms with Crippen molar-refractivity contribution in [2.24, 2.45) is 4.99 Å². The van der Waals surface area contributed by atoms with E-state index in [1.165, 1.54) is 23.9 Å². The predicted octanol–water partition coefficient (Wildman–Crippen LogP) is 6.36. The van der Waals surface area contributed by atoms with E-state index in [0.717, 1.165) is 15.6 Å². The number of thioether (sulfide) groups is 1. The fourth-order valence-electron chi connectivity index (χ4n) is 3.48. The van der Waals surface area contributed by atoms with Gasteiger partial charge in [0.05, 0.1) is 23.3 Å². The second kappa shape index (κ2) is 11.5. The summed E-state index contributed by atoms with van der Waals surface area (Å²) in [6, 6.07) is 19.7. The Kier molecular flexibility index (Phi) is 8.12. The number of hydrogen-bond acceptors (Lipinski definition) is 6. The van der Waals surface area contributed by atoms with Crippen LogP contribution in [-0.2, 0) is 11.4 Å². The number of carbonyl (C=O) groups is 2. The molecule has 3 aromatic rings. The Hall–Kier alpha value is -3.56. The lowest BCUT2D eigenvalue weighted by molar-refractivity contribution is -0.122. The van der Waals surface area contributed by atoms with Gasteiger partial charge in [0.1, 0.15) is 6.61 Å². The van der Waals surface area contributed by atoms with Crippen LogP contribution in [0.15, 0.2) is 81.1 Å². The number of methoxy groups -OCH3 is 1. The molecule has 1 aliphatic rings. The van der Waals surface area contributed by atoms with E-state index >= 15 is 0 Å². The Labute approximate surface area is 221 Å². The maximum absolute atomic E-state index is 13.0. The summed E-state index contributed by atoms with van der Waals surface area (Å²) in [6.07, 6.45) is 1.78. The number of carboxylic acid groups (broad SMARTS) is 1. The monoisotopic (exact) mass is 566 g/mol. The van der Waals surface area contributed by atoms with E-state index in [9.17, 15) is 14.7 Å². The summed E-state index contributed by atoms with van der Waals surface area (Å²) in [5.74, 6) is -0.0316. The molecule has 1 aliphatic heterocycles. The van der Waals surface area contributed by atoms with Crippen molar-refractivity contribution < 1.29 is 24.2 Å². The number of ether oxygens (including phenoxy) is 2. The van der Waals surface area contributed by atoms with Crippen LogP contribution in [0.3, 0.4) is 0 Å². The van der Waals surface area contributed by atoms with Crippen LogP contribution >= 0.6 is 27.7 Å². The van der Waals surface area contributed by atoms with Crippen LogP contribution in [-0.4, -0.2) is 40.7 Å². The molecule has 1 fully saturated rings. The number of rotatable bonds is 8. The minimum absolute atomic E-state index is 0.138. The fourth-order valence-corrected chi connectivity index (χ4v) is 4.80. The SMILES string of the molecule is CCN1C(=O)C(=Cc2ccc(OCc3ccc(Br)cc3)c(OC)c2)SC1=Nc1cccc(C(=O)O)c1. The van der Waals surface area contributed by atoms with E-state index in [-0.39, 0.29) is 11.5 Å². The van der Waals surface area contributed by atoms with Crippen LogP contribution in [0.5, 0.6) is 11.5 Å². The second-order valence-corrected chi connectivity index (χ2v) is 9.66. The minimum atomic E-state index is -1.03. The van der Waals surface area contributed by atoms with Crippen molar-refractivity contribution in [2.45, 2.75) is 13.5 Å². The first-order chi connectivity index (χ1) is 17.4. The number of benzene rings is 3. The summed E-state index contributed by atoms with van der Waals surface area (Å²) >= 11 is 4.67. The van der Waals surface area contributed by atoms with Crippen molar-refractivity contribution in [1.82, 2.24) is 4.90 Å². The summed E-state index contributed by atoms with van der Waals surface area (Å²) < 4.78 is 12.5. The third-order valence-electron chi connectivity index (χ3n) is 5.32. The zero-order valence-electron chi connectivity index (χ0n) is 19.6. The topological polar surface area (TPSA) is 88.4 Å². The Bertz CT molecular complexity index is 1350. The van der Waals surface area contributed by atoms with Crippen LogP contribution in [0.25, 0.3) is 6.08 Å². The minimum Gasteiger partial charge on any atom is -0.493 e. The van der Waals surface area contributed by atoms with Gasteiger partial charge < -0.3 is 14.6 Å². The van der Waals surface area contributed by atoms with E-state index in [0.29, 0.717) is 40.4 Å². The molecule has 1 N–H and O–H groups in total. The van der Waals surface area contributed by atoms with E-state index in [1.807, 2.05) is 49.4 Å². The van der Waals surface area contributed by atoms with Gasteiger partial charge in [0.25, 0.3) is 5.91 Å². The van der Waals surface area contributed by atoms with Crippen LogP contribution < -0.4 is 9.47 Å². The van der Waals surface area contributed by atoms with Gasteiger partial charge in [-0.05, 0) is 78.4 Å². The highest BCUT2D eigenvalue weighted by atomic mass is 79.9. The molecule has 36 heavy (non-hydrogen) atoms. The van der Waals surface area contributed by atoms with Crippen molar-refractivity contribution in [3.05, 3.63) is 92.8 Å². The third kappa shape index (κ3) is 5.98. The van der Waals surface area contributed by atoms with Gasteiger partial charge in [0, 0.05) is 11.0 Å². The molecule has 184 valence electrons. The van der Waals surface area contributed by atoms with Gasteiger partial charge in [-0.15, -0.1) is 0 Å².